The van der Waals surface area contributed by atoms with Crippen LogP contribution in [0, 0.1) is 0 Å². The van der Waals surface area contributed by atoms with E-state index in [4.69, 9.17) is 21.1 Å². The summed E-state index contributed by atoms with van der Waals surface area (Å²) >= 11 is 5.87. The van der Waals surface area contributed by atoms with Crippen LogP contribution < -0.4 is 4.74 Å². The van der Waals surface area contributed by atoms with Crippen molar-refractivity contribution in [1.82, 2.24) is 4.98 Å². The highest BCUT2D eigenvalue weighted by atomic mass is 35.5. The molecule has 0 aliphatic rings. The zero-order valence-corrected chi connectivity index (χ0v) is 12.8. The molecule has 0 aliphatic carbocycles. The molecule has 6 heteroatoms. The Kier molecular flexibility index (Phi) is 5.38. The minimum Gasteiger partial charge on any atom is -0.500 e. The van der Waals surface area contributed by atoms with Crippen LogP contribution in [0.3, 0.4) is 0 Å². The van der Waals surface area contributed by atoms with Gasteiger partial charge in [0.2, 0.25) is 5.76 Å². The Balaban J connectivity index is 2.26. The molecule has 0 amide bonds. The normalized spacial score (nSPS) is 11.0. The Bertz CT molecular complexity index is 683. The molecule has 5 nitrogen and oxygen atoms in total. The zero-order valence-electron chi connectivity index (χ0n) is 12.1. The molecule has 22 heavy (non-hydrogen) atoms. The number of nitrogens with zero attached hydrogens (tertiary/aromatic N) is 1. The summed E-state index contributed by atoms with van der Waals surface area (Å²) in [6.07, 6.45) is 4.35. The standard InChI is InChI=1S/C16H14ClNO4/c1-20-10-15(16(19)21-2)22-14-7-12(8-18-9-14)11-3-5-13(17)6-4-11/h3-10H,1-2H3. The van der Waals surface area contributed by atoms with Crippen LogP contribution in [-0.2, 0) is 14.3 Å². The van der Waals surface area contributed by atoms with Crippen molar-refractivity contribution in [3.05, 3.63) is 59.8 Å². The van der Waals surface area contributed by atoms with Gasteiger partial charge in [-0.3, -0.25) is 4.98 Å². The number of hydrogen-bond donors (Lipinski definition) is 0. The fourth-order valence-corrected chi connectivity index (χ4v) is 1.85. The number of benzene rings is 1. The number of halogens is 1. The topological polar surface area (TPSA) is 57.7 Å². The Morgan fingerprint density at radius 3 is 2.50 bits per heavy atom. The van der Waals surface area contributed by atoms with E-state index in [9.17, 15) is 4.79 Å². The summed E-state index contributed by atoms with van der Waals surface area (Å²) in [5, 5.41) is 0.653. The van der Waals surface area contributed by atoms with Crippen LogP contribution in [0.2, 0.25) is 5.02 Å². The van der Waals surface area contributed by atoms with E-state index in [1.165, 1.54) is 26.7 Å². The number of hydrogen-bond acceptors (Lipinski definition) is 5. The van der Waals surface area contributed by atoms with Gasteiger partial charge < -0.3 is 14.2 Å². The molecule has 0 radical (unpaired) electrons. The van der Waals surface area contributed by atoms with Gasteiger partial charge in [-0.2, -0.15) is 0 Å². The fourth-order valence-electron chi connectivity index (χ4n) is 1.72. The van der Waals surface area contributed by atoms with Gasteiger partial charge >= 0.3 is 5.97 Å². The Hall–Kier alpha value is -2.53. The van der Waals surface area contributed by atoms with Crippen LogP contribution in [0.1, 0.15) is 0 Å². The van der Waals surface area contributed by atoms with Gasteiger partial charge in [-0.25, -0.2) is 4.79 Å². The van der Waals surface area contributed by atoms with Crippen molar-refractivity contribution in [3.63, 3.8) is 0 Å². The average molecular weight is 320 g/mol. The summed E-state index contributed by atoms with van der Waals surface area (Å²) in [6, 6.07) is 9.07. The third kappa shape index (κ3) is 3.99. The predicted octanol–water partition coefficient (Wildman–Crippen LogP) is 3.44. The lowest BCUT2D eigenvalue weighted by atomic mass is 10.1. The molecule has 114 valence electrons. The van der Waals surface area contributed by atoms with E-state index >= 15 is 0 Å². The van der Waals surface area contributed by atoms with Crippen LogP contribution in [0.25, 0.3) is 11.1 Å². The minimum absolute atomic E-state index is 0.0694. The van der Waals surface area contributed by atoms with E-state index in [1.807, 2.05) is 12.1 Å². The first kappa shape index (κ1) is 15.9. The number of methoxy groups -OCH3 is 2. The Labute approximate surface area is 133 Å². The van der Waals surface area contributed by atoms with Crippen LogP contribution >= 0.6 is 11.6 Å². The third-order valence-electron chi connectivity index (χ3n) is 2.73. The molecule has 0 fully saturated rings. The van der Waals surface area contributed by atoms with E-state index in [0.29, 0.717) is 10.8 Å². The second-order valence-corrected chi connectivity index (χ2v) is 4.66. The molecule has 0 unspecified atom stereocenters. The molecule has 0 aliphatic heterocycles. The maximum atomic E-state index is 11.6. The molecule has 1 aromatic carbocycles. The maximum Gasteiger partial charge on any atom is 0.377 e. The molecule has 2 aromatic rings. The van der Waals surface area contributed by atoms with Crippen molar-refractivity contribution in [1.29, 1.82) is 0 Å². The van der Waals surface area contributed by atoms with Gasteiger partial charge in [-0.05, 0) is 23.8 Å². The SMILES string of the molecule is COC=C(Oc1cncc(-c2ccc(Cl)cc2)c1)C(=O)OC. The number of carbonyl (C=O) groups excluding carboxylic acids is 1. The van der Waals surface area contributed by atoms with E-state index in [1.54, 1.807) is 24.4 Å². The first-order chi connectivity index (χ1) is 10.6. The predicted molar refractivity (Wildman–Crippen MR) is 82.4 cm³/mol. The summed E-state index contributed by atoms with van der Waals surface area (Å²) in [5.41, 5.74) is 1.76. The van der Waals surface area contributed by atoms with Crippen molar-refractivity contribution >= 4 is 17.6 Å². The van der Waals surface area contributed by atoms with Gasteiger partial charge in [0.25, 0.3) is 0 Å². The van der Waals surface area contributed by atoms with E-state index in [-0.39, 0.29) is 5.76 Å². The van der Waals surface area contributed by atoms with Crippen LogP contribution in [0.15, 0.2) is 54.7 Å². The number of pyridine rings is 1. The van der Waals surface area contributed by atoms with Gasteiger partial charge in [-0.15, -0.1) is 0 Å². The fraction of sp³-hybridized carbons (Fsp3) is 0.125. The van der Waals surface area contributed by atoms with Crippen LogP contribution in [-0.4, -0.2) is 25.2 Å². The summed E-state index contributed by atoms with van der Waals surface area (Å²) in [5.74, 6) is -0.319. The summed E-state index contributed by atoms with van der Waals surface area (Å²) in [6.45, 7) is 0. The first-order valence-electron chi connectivity index (χ1n) is 6.34. The summed E-state index contributed by atoms with van der Waals surface area (Å²) < 4.78 is 14.9. The average Bonchev–Trinajstić information content (AvgIpc) is 2.54. The largest absolute Gasteiger partial charge is 0.500 e. The molecule has 0 spiro atoms. The summed E-state index contributed by atoms with van der Waals surface area (Å²) in [4.78, 5) is 15.7. The lowest BCUT2D eigenvalue weighted by molar-refractivity contribution is -0.138. The molecule has 1 aromatic heterocycles. The van der Waals surface area contributed by atoms with Crippen molar-refractivity contribution in [2.45, 2.75) is 0 Å². The quantitative estimate of drug-likeness (QED) is 0.480. The highest BCUT2D eigenvalue weighted by molar-refractivity contribution is 6.30. The molecular formula is C16H14ClNO4. The number of aromatic nitrogens is 1. The minimum atomic E-state index is -0.640. The van der Waals surface area contributed by atoms with Gasteiger partial charge in [0.05, 0.1) is 20.4 Å². The zero-order chi connectivity index (χ0) is 15.9. The van der Waals surface area contributed by atoms with Crippen molar-refractivity contribution < 1.29 is 19.0 Å². The molecule has 0 N–H and O–H groups in total. The number of rotatable bonds is 5. The molecular weight excluding hydrogens is 306 g/mol. The molecule has 0 bridgehead atoms. The van der Waals surface area contributed by atoms with Gasteiger partial charge in [-0.1, -0.05) is 23.7 Å². The number of esters is 1. The molecule has 0 atom stereocenters. The first-order valence-corrected chi connectivity index (χ1v) is 6.72. The highest BCUT2D eigenvalue weighted by Crippen LogP contribution is 2.25. The second-order valence-electron chi connectivity index (χ2n) is 4.23. The second kappa shape index (κ2) is 7.47. The van der Waals surface area contributed by atoms with Gasteiger partial charge in [0.15, 0.2) is 0 Å². The van der Waals surface area contributed by atoms with Crippen molar-refractivity contribution in [2.24, 2.45) is 0 Å². The molecule has 0 saturated carbocycles. The van der Waals surface area contributed by atoms with Crippen molar-refractivity contribution in [3.8, 4) is 16.9 Å². The van der Waals surface area contributed by atoms with Gasteiger partial charge in [0, 0.05) is 16.8 Å². The highest BCUT2D eigenvalue weighted by Gasteiger charge is 2.13. The van der Waals surface area contributed by atoms with E-state index in [0.717, 1.165) is 11.1 Å². The molecule has 2 rings (SSSR count). The molecule has 1 heterocycles. The van der Waals surface area contributed by atoms with Crippen molar-refractivity contribution in [2.75, 3.05) is 14.2 Å². The summed E-state index contributed by atoms with van der Waals surface area (Å²) in [7, 11) is 2.67. The van der Waals surface area contributed by atoms with Crippen LogP contribution in [0.5, 0.6) is 5.75 Å². The monoisotopic (exact) mass is 319 g/mol. The number of carbonyl (C=O) groups is 1. The van der Waals surface area contributed by atoms with Gasteiger partial charge in [0.1, 0.15) is 12.0 Å². The van der Waals surface area contributed by atoms with E-state index < -0.39 is 5.97 Å². The smallest absolute Gasteiger partial charge is 0.377 e. The Morgan fingerprint density at radius 2 is 1.86 bits per heavy atom. The third-order valence-corrected chi connectivity index (χ3v) is 2.98. The lowest BCUT2D eigenvalue weighted by Crippen LogP contribution is -2.11. The van der Waals surface area contributed by atoms with Crippen LogP contribution in [0.4, 0.5) is 0 Å². The number of ether oxygens (including phenoxy) is 3. The lowest BCUT2D eigenvalue weighted by Gasteiger charge is -2.09. The van der Waals surface area contributed by atoms with E-state index in [2.05, 4.69) is 9.72 Å². The Morgan fingerprint density at radius 1 is 1.14 bits per heavy atom. The maximum absolute atomic E-state index is 11.6. The molecule has 0 saturated heterocycles.